The van der Waals surface area contributed by atoms with E-state index in [0.717, 1.165) is 17.3 Å². The van der Waals surface area contributed by atoms with Gasteiger partial charge in [-0.3, -0.25) is 9.78 Å². The molecule has 0 saturated carbocycles. The van der Waals surface area contributed by atoms with Crippen molar-refractivity contribution in [2.75, 3.05) is 0 Å². The van der Waals surface area contributed by atoms with Crippen molar-refractivity contribution in [1.29, 1.82) is 0 Å². The van der Waals surface area contributed by atoms with Gasteiger partial charge in [-0.05, 0) is 30.7 Å². The zero-order chi connectivity index (χ0) is 10.7. The lowest BCUT2D eigenvalue weighted by atomic mass is 10.2. The normalized spacial score (nSPS) is 11.7. The van der Waals surface area contributed by atoms with Crippen LogP contribution >= 0.6 is 0 Å². The summed E-state index contributed by atoms with van der Waals surface area (Å²) in [7, 11) is 0. The van der Waals surface area contributed by atoms with E-state index < -0.39 is 0 Å². The minimum atomic E-state index is 0.639. The summed E-state index contributed by atoms with van der Waals surface area (Å²) in [6, 6.07) is 7.64. The maximum absolute atomic E-state index is 10.5. The highest BCUT2D eigenvalue weighted by Crippen LogP contribution is 2.10. The summed E-state index contributed by atoms with van der Waals surface area (Å²) >= 11 is 0. The van der Waals surface area contributed by atoms with Gasteiger partial charge in [-0.1, -0.05) is 12.1 Å². The summed E-state index contributed by atoms with van der Waals surface area (Å²) in [5, 5.41) is 0. The fraction of sp³-hybridized carbons (Fsp3) is 0.0833. The number of para-hydroxylation sites is 2. The van der Waals surface area contributed by atoms with Crippen molar-refractivity contribution in [2.24, 2.45) is 0 Å². The minimum Gasteiger partial charge on any atom is -0.298 e. The van der Waals surface area contributed by atoms with Gasteiger partial charge in [-0.15, -0.1) is 0 Å². The van der Waals surface area contributed by atoms with E-state index in [1.54, 1.807) is 19.2 Å². The second-order valence-electron chi connectivity index (χ2n) is 3.29. The summed E-state index contributed by atoms with van der Waals surface area (Å²) < 4.78 is 0. The van der Waals surface area contributed by atoms with Crippen LogP contribution in [-0.4, -0.2) is 16.3 Å². The molecule has 0 aliphatic rings. The number of fused-ring (bicyclic) bond motifs is 1. The van der Waals surface area contributed by atoms with E-state index in [0.29, 0.717) is 11.3 Å². The Labute approximate surface area is 87.5 Å². The van der Waals surface area contributed by atoms with Crippen molar-refractivity contribution >= 4 is 23.4 Å². The highest BCUT2D eigenvalue weighted by molar-refractivity contribution is 5.81. The highest BCUT2D eigenvalue weighted by Gasteiger charge is 1.96. The Morgan fingerprint density at radius 1 is 1.27 bits per heavy atom. The molecule has 0 atom stereocenters. The van der Waals surface area contributed by atoms with E-state index in [1.165, 1.54) is 0 Å². The molecule has 0 aliphatic heterocycles. The molecule has 1 aromatic carbocycles. The van der Waals surface area contributed by atoms with E-state index >= 15 is 0 Å². The third kappa shape index (κ3) is 2.07. The topological polar surface area (TPSA) is 42.9 Å². The number of benzene rings is 1. The van der Waals surface area contributed by atoms with Crippen LogP contribution in [0.3, 0.4) is 0 Å². The molecule has 0 radical (unpaired) electrons. The van der Waals surface area contributed by atoms with Gasteiger partial charge in [0.25, 0.3) is 0 Å². The predicted molar refractivity (Wildman–Crippen MR) is 59.3 cm³/mol. The van der Waals surface area contributed by atoms with E-state index in [2.05, 4.69) is 9.97 Å². The molecule has 0 amide bonds. The Morgan fingerprint density at radius 3 is 2.73 bits per heavy atom. The van der Waals surface area contributed by atoms with E-state index in [9.17, 15) is 4.79 Å². The molecule has 1 aromatic heterocycles. The first-order chi connectivity index (χ1) is 7.29. The lowest BCUT2D eigenvalue weighted by Crippen LogP contribution is -1.88. The minimum absolute atomic E-state index is 0.639. The molecule has 1 heterocycles. The van der Waals surface area contributed by atoms with E-state index in [1.807, 2.05) is 24.3 Å². The third-order valence-electron chi connectivity index (χ3n) is 2.03. The van der Waals surface area contributed by atoms with Crippen LogP contribution < -0.4 is 0 Å². The highest BCUT2D eigenvalue weighted by atomic mass is 16.1. The Hall–Kier alpha value is -2.03. The SMILES string of the molecule is CC(C=O)=Cc1cnc2ccccc2n1. The van der Waals surface area contributed by atoms with Gasteiger partial charge in [-0.2, -0.15) is 0 Å². The van der Waals surface area contributed by atoms with Crippen LogP contribution in [0.5, 0.6) is 0 Å². The maximum Gasteiger partial charge on any atom is 0.145 e. The molecule has 0 unspecified atom stereocenters. The Morgan fingerprint density at radius 2 is 2.00 bits per heavy atom. The summed E-state index contributed by atoms with van der Waals surface area (Å²) in [6.45, 7) is 1.74. The monoisotopic (exact) mass is 198 g/mol. The fourth-order valence-electron chi connectivity index (χ4n) is 1.31. The number of allylic oxidation sites excluding steroid dienone is 1. The molecular weight excluding hydrogens is 188 g/mol. The van der Waals surface area contributed by atoms with E-state index in [-0.39, 0.29) is 0 Å². The van der Waals surface area contributed by atoms with Crippen molar-refractivity contribution < 1.29 is 4.79 Å². The zero-order valence-corrected chi connectivity index (χ0v) is 8.34. The number of nitrogens with zero attached hydrogens (tertiary/aromatic N) is 2. The summed E-state index contributed by atoms with van der Waals surface area (Å²) in [5.74, 6) is 0. The first-order valence-corrected chi connectivity index (χ1v) is 4.65. The van der Waals surface area contributed by atoms with Gasteiger partial charge < -0.3 is 0 Å². The van der Waals surface area contributed by atoms with Crippen LogP contribution in [0.25, 0.3) is 17.1 Å². The second kappa shape index (κ2) is 4.00. The van der Waals surface area contributed by atoms with Crippen molar-refractivity contribution in [2.45, 2.75) is 6.92 Å². The van der Waals surface area contributed by atoms with Crippen LogP contribution in [0.4, 0.5) is 0 Å². The third-order valence-corrected chi connectivity index (χ3v) is 2.03. The molecule has 74 valence electrons. The number of carbonyl (C=O) groups is 1. The standard InChI is InChI=1S/C12H10N2O/c1-9(8-15)6-10-7-13-11-4-2-3-5-12(11)14-10/h2-8H,1H3. The Kier molecular flexibility index (Phi) is 2.54. The average Bonchev–Trinajstić information content (AvgIpc) is 2.29. The van der Waals surface area contributed by atoms with Crippen LogP contribution in [0.1, 0.15) is 12.6 Å². The predicted octanol–water partition coefficient (Wildman–Crippen LogP) is 2.23. The summed E-state index contributed by atoms with van der Waals surface area (Å²) in [6.07, 6.45) is 4.18. The molecular formula is C12H10N2O. The molecule has 15 heavy (non-hydrogen) atoms. The molecule has 0 spiro atoms. The summed E-state index contributed by atoms with van der Waals surface area (Å²) in [5.41, 5.74) is 3.04. The van der Waals surface area contributed by atoms with Crippen LogP contribution in [0.15, 0.2) is 36.0 Å². The smallest absolute Gasteiger partial charge is 0.145 e. The van der Waals surface area contributed by atoms with Crippen molar-refractivity contribution in [1.82, 2.24) is 9.97 Å². The number of aldehydes is 1. The largest absolute Gasteiger partial charge is 0.298 e. The van der Waals surface area contributed by atoms with Crippen molar-refractivity contribution in [3.05, 3.63) is 41.7 Å². The molecule has 2 aromatic rings. The molecule has 0 N–H and O–H groups in total. The lowest BCUT2D eigenvalue weighted by molar-refractivity contribution is -0.104. The molecule has 0 bridgehead atoms. The quantitative estimate of drug-likeness (QED) is 0.549. The number of rotatable bonds is 2. The number of hydrogen-bond acceptors (Lipinski definition) is 3. The van der Waals surface area contributed by atoms with Gasteiger partial charge >= 0.3 is 0 Å². The first-order valence-electron chi connectivity index (χ1n) is 4.65. The van der Waals surface area contributed by atoms with Gasteiger partial charge in [0.15, 0.2) is 0 Å². The first kappa shape index (κ1) is 9.52. The lowest BCUT2D eigenvalue weighted by Gasteiger charge is -1.97. The molecule has 0 aliphatic carbocycles. The molecule has 0 saturated heterocycles. The number of hydrogen-bond donors (Lipinski definition) is 0. The van der Waals surface area contributed by atoms with Crippen LogP contribution in [0.2, 0.25) is 0 Å². The number of aromatic nitrogens is 2. The average molecular weight is 198 g/mol. The molecule has 3 nitrogen and oxygen atoms in total. The van der Waals surface area contributed by atoms with Crippen LogP contribution in [-0.2, 0) is 4.79 Å². The molecule has 2 rings (SSSR count). The van der Waals surface area contributed by atoms with Gasteiger partial charge in [0.05, 0.1) is 22.9 Å². The maximum atomic E-state index is 10.5. The fourth-order valence-corrected chi connectivity index (χ4v) is 1.31. The Balaban J connectivity index is 2.52. The van der Waals surface area contributed by atoms with Crippen molar-refractivity contribution in [3.63, 3.8) is 0 Å². The van der Waals surface area contributed by atoms with Gasteiger partial charge in [0, 0.05) is 0 Å². The van der Waals surface area contributed by atoms with Crippen molar-refractivity contribution in [3.8, 4) is 0 Å². The molecule has 0 fully saturated rings. The summed E-state index contributed by atoms with van der Waals surface area (Å²) in [4.78, 5) is 19.1. The van der Waals surface area contributed by atoms with E-state index in [4.69, 9.17) is 0 Å². The van der Waals surface area contributed by atoms with Gasteiger partial charge in [0.2, 0.25) is 0 Å². The Bertz CT molecular complexity index is 532. The number of carbonyl (C=O) groups excluding carboxylic acids is 1. The molecule has 3 heteroatoms. The van der Waals surface area contributed by atoms with Gasteiger partial charge in [0.1, 0.15) is 6.29 Å². The van der Waals surface area contributed by atoms with Gasteiger partial charge in [-0.25, -0.2) is 4.98 Å². The zero-order valence-electron chi connectivity index (χ0n) is 8.34. The second-order valence-corrected chi connectivity index (χ2v) is 3.29. The van der Waals surface area contributed by atoms with Crippen LogP contribution in [0, 0.1) is 0 Å².